The molecule has 1 aliphatic rings. The van der Waals surface area contributed by atoms with Gasteiger partial charge in [0.05, 0.1) is 0 Å². The molecule has 0 atom stereocenters. The second kappa shape index (κ2) is 5.62. The summed E-state index contributed by atoms with van der Waals surface area (Å²) in [5.74, 6) is 0.721. The number of ketones is 1. The van der Waals surface area contributed by atoms with Crippen molar-refractivity contribution in [2.45, 2.75) is 0 Å². The first-order valence-electron chi connectivity index (χ1n) is 6.52. The maximum atomic E-state index is 12.4. The molecule has 5 nitrogen and oxygen atoms in total. The maximum absolute atomic E-state index is 12.4. The molecular formula is C17H11NO4. The van der Waals surface area contributed by atoms with E-state index in [9.17, 15) is 15.2 Å². The summed E-state index contributed by atoms with van der Waals surface area (Å²) in [6, 6.07) is 13.0. The van der Waals surface area contributed by atoms with Gasteiger partial charge < -0.3 is 14.6 Å². The molecule has 0 saturated heterocycles. The molecule has 0 bridgehead atoms. The van der Waals surface area contributed by atoms with Crippen LogP contribution in [0.4, 0.5) is 0 Å². The Morgan fingerprint density at radius 2 is 2.00 bits per heavy atom. The van der Waals surface area contributed by atoms with Gasteiger partial charge in [-0.15, -0.1) is 0 Å². The number of phenolic OH excluding ortho intramolecular Hbond substituents is 1. The zero-order valence-corrected chi connectivity index (χ0v) is 11.4. The van der Waals surface area contributed by atoms with Crippen molar-refractivity contribution >= 4 is 11.9 Å². The van der Waals surface area contributed by atoms with Crippen LogP contribution in [0.15, 0.2) is 48.0 Å². The molecule has 0 saturated carbocycles. The van der Waals surface area contributed by atoms with Crippen LogP contribution in [-0.4, -0.2) is 17.7 Å². The number of hydrogen-bond acceptors (Lipinski definition) is 5. The molecule has 0 spiro atoms. The topological polar surface area (TPSA) is 79.5 Å². The van der Waals surface area contributed by atoms with Crippen LogP contribution in [0.1, 0.15) is 15.9 Å². The van der Waals surface area contributed by atoms with Gasteiger partial charge in [0, 0.05) is 5.56 Å². The molecule has 5 heteroatoms. The third kappa shape index (κ3) is 2.63. The number of hydrogen-bond donors (Lipinski definition) is 1. The Morgan fingerprint density at radius 3 is 2.77 bits per heavy atom. The van der Waals surface area contributed by atoms with Gasteiger partial charge >= 0.3 is 0 Å². The molecule has 2 aromatic carbocycles. The second-order valence-electron chi connectivity index (χ2n) is 4.66. The van der Waals surface area contributed by atoms with Crippen molar-refractivity contribution in [3.05, 3.63) is 59.2 Å². The van der Waals surface area contributed by atoms with Crippen LogP contribution in [-0.2, 0) is 0 Å². The fourth-order valence-electron chi connectivity index (χ4n) is 2.12. The van der Waals surface area contributed by atoms with Gasteiger partial charge in [0.2, 0.25) is 12.6 Å². The molecule has 3 rings (SSSR count). The molecule has 0 fully saturated rings. The summed E-state index contributed by atoms with van der Waals surface area (Å²) in [4.78, 5) is 12.4. The Morgan fingerprint density at radius 1 is 1.18 bits per heavy atom. The van der Waals surface area contributed by atoms with E-state index < -0.39 is 5.78 Å². The van der Waals surface area contributed by atoms with Crippen LogP contribution >= 0.6 is 0 Å². The molecule has 108 valence electrons. The molecule has 1 aliphatic heterocycles. The van der Waals surface area contributed by atoms with Crippen molar-refractivity contribution in [1.29, 1.82) is 5.26 Å². The number of phenols is 1. The van der Waals surface area contributed by atoms with Crippen LogP contribution in [0.25, 0.3) is 6.08 Å². The van der Waals surface area contributed by atoms with Gasteiger partial charge in [0.15, 0.2) is 11.5 Å². The van der Waals surface area contributed by atoms with E-state index in [1.165, 1.54) is 18.2 Å². The van der Waals surface area contributed by atoms with Gasteiger partial charge in [-0.1, -0.05) is 12.1 Å². The van der Waals surface area contributed by atoms with Crippen molar-refractivity contribution in [3.8, 4) is 23.3 Å². The molecular weight excluding hydrogens is 282 g/mol. The predicted octanol–water partition coefficient (Wildman–Crippen LogP) is 2.91. The summed E-state index contributed by atoms with van der Waals surface area (Å²) >= 11 is 0. The lowest BCUT2D eigenvalue weighted by Crippen LogP contribution is -2.01. The van der Waals surface area contributed by atoms with Gasteiger partial charge in [-0.25, -0.2) is 0 Å². The van der Waals surface area contributed by atoms with Crippen molar-refractivity contribution in [3.63, 3.8) is 0 Å². The lowest BCUT2D eigenvalue weighted by atomic mass is 10.0. The first kappa shape index (κ1) is 13.7. The summed E-state index contributed by atoms with van der Waals surface area (Å²) in [5.41, 5.74) is 0.896. The van der Waals surface area contributed by atoms with Crippen LogP contribution < -0.4 is 9.47 Å². The quantitative estimate of drug-likeness (QED) is 0.534. The summed E-state index contributed by atoms with van der Waals surface area (Å²) in [6.07, 6.45) is 1.44. The molecule has 0 radical (unpaired) electrons. The van der Waals surface area contributed by atoms with E-state index in [4.69, 9.17) is 9.47 Å². The highest BCUT2D eigenvalue weighted by atomic mass is 16.7. The fourth-order valence-corrected chi connectivity index (χ4v) is 2.12. The first-order valence-corrected chi connectivity index (χ1v) is 6.52. The zero-order chi connectivity index (χ0) is 15.5. The first-order chi connectivity index (χ1) is 10.7. The van der Waals surface area contributed by atoms with Gasteiger partial charge in [0.1, 0.15) is 17.4 Å². The van der Waals surface area contributed by atoms with E-state index in [2.05, 4.69) is 0 Å². The van der Waals surface area contributed by atoms with Gasteiger partial charge in [-0.2, -0.15) is 5.26 Å². The second-order valence-corrected chi connectivity index (χ2v) is 4.66. The Kier molecular flexibility index (Phi) is 3.50. The third-order valence-corrected chi connectivity index (χ3v) is 3.18. The number of Topliss-reactive ketones (excluding diaryl/α,β-unsaturated/α-hetero) is 1. The lowest BCUT2D eigenvalue weighted by molar-refractivity contribution is 0.103. The van der Waals surface area contributed by atoms with Crippen LogP contribution in [0.3, 0.4) is 0 Å². The van der Waals surface area contributed by atoms with Crippen molar-refractivity contribution in [1.82, 2.24) is 0 Å². The van der Waals surface area contributed by atoms with Crippen molar-refractivity contribution < 1.29 is 19.4 Å². The van der Waals surface area contributed by atoms with Crippen LogP contribution in [0.5, 0.6) is 17.2 Å². The van der Waals surface area contributed by atoms with E-state index in [0.29, 0.717) is 22.6 Å². The average Bonchev–Trinajstić information content (AvgIpc) is 2.99. The number of fused-ring (bicyclic) bond motifs is 1. The average molecular weight is 293 g/mol. The molecule has 1 N–H and O–H groups in total. The normalized spacial score (nSPS) is 12.8. The third-order valence-electron chi connectivity index (χ3n) is 3.18. The summed E-state index contributed by atoms with van der Waals surface area (Å²) < 4.78 is 10.4. The highest BCUT2D eigenvalue weighted by molar-refractivity contribution is 6.14. The van der Waals surface area contributed by atoms with E-state index in [1.807, 2.05) is 6.07 Å². The largest absolute Gasteiger partial charge is 0.508 e. The van der Waals surface area contributed by atoms with E-state index in [-0.39, 0.29) is 18.1 Å². The van der Waals surface area contributed by atoms with E-state index in [1.54, 1.807) is 30.3 Å². The number of allylic oxidation sites excluding steroid dienone is 1. The Balaban J connectivity index is 1.94. The predicted molar refractivity (Wildman–Crippen MR) is 78.6 cm³/mol. The number of nitrogens with zero attached hydrogens (tertiary/aromatic N) is 1. The zero-order valence-electron chi connectivity index (χ0n) is 11.4. The lowest BCUT2D eigenvalue weighted by Gasteiger charge is -2.02. The van der Waals surface area contributed by atoms with Crippen molar-refractivity contribution in [2.75, 3.05) is 6.79 Å². The minimum atomic E-state index is -0.413. The van der Waals surface area contributed by atoms with Crippen LogP contribution in [0, 0.1) is 11.3 Å². The Bertz CT molecular complexity index is 818. The number of carbonyl (C=O) groups excluding carboxylic acids is 1. The number of nitriles is 1. The number of aromatic hydroxyl groups is 1. The Labute approximate surface area is 126 Å². The number of benzene rings is 2. The minimum Gasteiger partial charge on any atom is -0.508 e. The smallest absolute Gasteiger partial charge is 0.231 e. The fraction of sp³-hybridized carbons (Fsp3) is 0.0588. The summed E-state index contributed by atoms with van der Waals surface area (Å²) in [5, 5.41) is 18.7. The number of rotatable bonds is 3. The monoisotopic (exact) mass is 293 g/mol. The standard InChI is InChI=1S/C17H11NO4/c18-9-13(6-11-2-1-3-14(19)7-11)17(20)12-4-5-15-16(8-12)22-10-21-15/h1-8,19H,10H2/b13-6+. The molecule has 0 unspecified atom stereocenters. The number of ether oxygens (including phenoxy) is 2. The highest BCUT2D eigenvalue weighted by Crippen LogP contribution is 2.33. The Hall–Kier alpha value is -3.26. The molecule has 2 aromatic rings. The minimum absolute atomic E-state index is 0.0236. The summed E-state index contributed by atoms with van der Waals surface area (Å²) in [6.45, 7) is 0.122. The molecule has 0 aromatic heterocycles. The summed E-state index contributed by atoms with van der Waals surface area (Å²) in [7, 11) is 0. The molecule has 0 amide bonds. The van der Waals surface area contributed by atoms with Crippen molar-refractivity contribution in [2.24, 2.45) is 0 Å². The van der Waals surface area contributed by atoms with Gasteiger partial charge in [-0.3, -0.25) is 4.79 Å². The molecule has 0 aliphatic carbocycles. The molecule has 22 heavy (non-hydrogen) atoms. The van der Waals surface area contributed by atoms with E-state index in [0.717, 1.165) is 0 Å². The van der Waals surface area contributed by atoms with E-state index >= 15 is 0 Å². The number of carbonyl (C=O) groups is 1. The maximum Gasteiger partial charge on any atom is 0.231 e. The van der Waals surface area contributed by atoms with Gasteiger partial charge in [-0.05, 0) is 42.0 Å². The van der Waals surface area contributed by atoms with Gasteiger partial charge in [0.25, 0.3) is 0 Å². The highest BCUT2D eigenvalue weighted by Gasteiger charge is 2.18. The molecule has 1 heterocycles. The van der Waals surface area contributed by atoms with Crippen LogP contribution in [0.2, 0.25) is 0 Å². The SMILES string of the molecule is N#C/C(=C\c1cccc(O)c1)C(=O)c1ccc2c(c1)OCO2.